The number of amides is 1. The van der Waals surface area contributed by atoms with Crippen LogP contribution >= 0.6 is 23.4 Å². The van der Waals surface area contributed by atoms with Gasteiger partial charge in [-0.15, -0.1) is 0 Å². The number of nitrogens with zero attached hydrogens (tertiary/aromatic N) is 1. The molecule has 150 valence electrons. The Morgan fingerprint density at radius 2 is 1.79 bits per heavy atom. The van der Waals surface area contributed by atoms with Gasteiger partial charge in [-0.3, -0.25) is 9.59 Å². The molecule has 1 heterocycles. The van der Waals surface area contributed by atoms with Gasteiger partial charge < -0.3 is 10.3 Å². The van der Waals surface area contributed by atoms with Gasteiger partial charge in [0.15, 0.2) is 5.16 Å². The van der Waals surface area contributed by atoms with Gasteiger partial charge in [-0.05, 0) is 41.8 Å². The molecule has 2 N–H and O–H groups in total. The van der Waals surface area contributed by atoms with Crippen molar-refractivity contribution in [3.8, 4) is 0 Å². The molecule has 0 bridgehead atoms. The fourth-order valence-corrected chi connectivity index (χ4v) is 3.58. The molecule has 8 heteroatoms. The molecular formula is C21H19ClFN3O2S. The average Bonchev–Trinajstić information content (AvgIpc) is 2.69. The predicted molar refractivity (Wildman–Crippen MR) is 113 cm³/mol. The zero-order valence-corrected chi connectivity index (χ0v) is 17.0. The largest absolute Gasteiger partial charge is 0.355 e. The molecule has 1 amide bonds. The molecule has 2 aromatic carbocycles. The third-order valence-corrected chi connectivity index (χ3v) is 5.25. The van der Waals surface area contributed by atoms with Crippen molar-refractivity contribution < 1.29 is 9.18 Å². The van der Waals surface area contributed by atoms with E-state index in [1.54, 1.807) is 12.1 Å². The van der Waals surface area contributed by atoms with Crippen LogP contribution in [-0.2, 0) is 23.4 Å². The Balaban J connectivity index is 1.51. The van der Waals surface area contributed by atoms with Crippen LogP contribution in [-0.4, -0.2) is 22.4 Å². The van der Waals surface area contributed by atoms with E-state index in [1.807, 2.05) is 24.3 Å². The number of benzene rings is 2. The van der Waals surface area contributed by atoms with E-state index in [2.05, 4.69) is 15.3 Å². The third kappa shape index (κ3) is 7.03. The molecule has 0 fully saturated rings. The number of aromatic amines is 1. The molecule has 29 heavy (non-hydrogen) atoms. The van der Waals surface area contributed by atoms with E-state index < -0.39 is 0 Å². The van der Waals surface area contributed by atoms with Gasteiger partial charge in [-0.1, -0.05) is 47.6 Å². The van der Waals surface area contributed by atoms with Crippen LogP contribution in [0.3, 0.4) is 0 Å². The van der Waals surface area contributed by atoms with E-state index in [-0.39, 0.29) is 23.7 Å². The summed E-state index contributed by atoms with van der Waals surface area (Å²) >= 11 is 7.17. The summed E-state index contributed by atoms with van der Waals surface area (Å²) in [6.45, 7) is 0.482. The fourth-order valence-electron chi connectivity index (χ4n) is 2.60. The van der Waals surface area contributed by atoms with Crippen LogP contribution in [0.2, 0.25) is 5.02 Å². The van der Waals surface area contributed by atoms with Gasteiger partial charge in [0.1, 0.15) is 5.82 Å². The lowest BCUT2D eigenvalue weighted by molar-refractivity contribution is -0.120. The number of carbonyl (C=O) groups is 1. The molecule has 5 nitrogen and oxygen atoms in total. The summed E-state index contributed by atoms with van der Waals surface area (Å²) in [6, 6.07) is 14.9. The van der Waals surface area contributed by atoms with E-state index in [1.165, 1.54) is 30.0 Å². The number of nitrogens with one attached hydrogen (secondary N) is 2. The van der Waals surface area contributed by atoms with E-state index >= 15 is 0 Å². The number of hydrogen-bond donors (Lipinski definition) is 2. The normalized spacial score (nSPS) is 10.7. The molecule has 0 aliphatic heterocycles. The van der Waals surface area contributed by atoms with Crippen molar-refractivity contribution in [2.45, 2.75) is 23.8 Å². The third-order valence-electron chi connectivity index (χ3n) is 4.05. The van der Waals surface area contributed by atoms with Crippen molar-refractivity contribution in [2.75, 3.05) is 6.54 Å². The summed E-state index contributed by atoms with van der Waals surface area (Å²) in [5, 5.41) is 3.92. The SMILES string of the molecule is O=C(Cc1cc(=O)[nH]c(SCc2ccc(F)cc2)n1)NCCc1ccc(Cl)cc1. The molecule has 0 saturated heterocycles. The summed E-state index contributed by atoms with van der Waals surface area (Å²) in [5.41, 5.74) is 2.07. The fraction of sp³-hybridized carbons (Fsp3) is 0.190. The summed E-state index contributed by atoms with van der Waals surface area (Å²) in [4.78, 5) is 31.0. The number of hydrogen-bond acceptors (Lipinski definition) is 4. The van der Waals surface area contributed by atoms with Gasteiger partial charge in [-0.2, -0.15) is 0 Å². The first-order valence-corrected chi connectivity index (χ1v) is 10.3. The minimum Gasteiger partial charge on any atom is -0.355 e. The molecule has 0 aliphatic carbocycles. The highest BCUT2D eigenvalue weighted by Crippen LogP contribution is 2.18. The zero-order chi connectivity index (χ0) is 20.6. The maximum Gasteiger partial charge on any atom is 0.251 e. The Bertz CT molecular complexity index is 1020. The Morgan fingerprint density at radius 3 is 2.52 bits per heavy atom. The minimum absolute atomic E-state index is 0.0225. The molecule has 3 rings (SSSR count). The topological polar surface area (TPSA) is 74.8 Å². The molecule has 0 radical (unpaired) electrons. The van der Waals surface area contributed by atoms with Crippen molar-refractivity contribution >= 4 is 29.3 Å². The monoisotopic (exact) mass is 431 g/mol. The standard InChI is InChI=1S/C21H19ClFN3O2S/c22-16-5-1-14(2-6-16)9-10-24-19(27)11-18-12-20(28)26-21(25-18)29-13-15-3-7-17(23)8-4-15/h1-8,12H,9-11,13H2,(H,24,27)(H,25,26,28). The average molecular weight is 432 g/mol. The molecule has 0 atom stereocenters. The van der Waals surface area contributed by atoms with Gasteiger partial charge >= 0.3 is 0 Å². The number of aromatic nitrogens is 2. The molecule has 0 saturated carbocycles. The maximum absolute atomic E-state index is 13.0. The second kappa shape index (κ2) is 10.2. The summed E-state index contributed by atoms with van der Waals surface area (Å²) < 4.78 is 13.0. The predicted octanol–water partition coefficient (Wildman–Crippen LogP) is 3.76. The van der Waals surface area contributed by atoms with Gasteiger partial charge in [0, 0.05) is 23.4 Å². The van der Waals surface area contributed by atoms with Crippen molar-refractivity contribution in [3.05, 3.63) is 92.6 Å². The highest BCUT2D eigenvalue weighted by molar-refractivity contribution is 7.98. The Labute approximate surface area is 176 Å². The van der Waals surface area contributed by atoms with Crippen LogP contribution in [0.1, 0.15) is 16.8 Å². The van der Waals surface area contributed by atoms with Crippen LogP contribution in [0.4, 0.5) is 4.39 Å². The lowest BCUT2D eigenvalue weighted by Gasteiger charge is -2.07. The number of rotatable bonds is 8. The highest BCUT2D eigenvalue weighted by Gasteiger charge is 2.08. The second-order valence-electron chi connectivity index (χ2n) is 6.36. The first kappa shape index (κ1) is 21.1. The first-order chi connectivity index (χ1) is 14.0. The smallest absolute Gasteiger partial charge is 0.251 e. The molecular weight excluding hydrogens is 413 g/mol. The molecule has 0 aliphatic rings. The lowest BCUT2D eigenvalue weighted by Crippen LogP contribution is -2.28. The van der Waals surface area contributed by atoms with Gasteiger partial charge in [0.25, 0.3) is 5.56 Å². The van der Waals surface area contributed by atoms with E-state index in [4.69, 9.17) is 11.6 Å². The highest BCUT2D eigenvalue weighted by atomic mass is 35.5. The van der Waals surface area contributed by atoms with Crippen molar-refractivity contribution in [1.82, 2.24) is 15.3 Å². The minimum atomic E-state index is -0.314. The number of thioether (sulfide) groups is 1. The second-order valence-corrected chi connectivity index (χ2v) is 7.76. The summed E-state index contributed by atoms with van der Waals surface area (Å²) in [6.07, 6.45) is 0.707. The molecule has 0 unspecified atom stereocenters. The van der Waals surface area contributed by atoms with Crippen molar-refractivity contribution in [3.63, 3.8) is 0 Å². The Morgan fingerprint density at radius 1 is 1.10 bits per heavy atom. The first-order valence-electron chi connectivity index (χ1n) is 8.96. The molecule has 1 aromatic heterocycles. The van der Waals surface area contributed by atoms with Crippen LogP contribution < -0.4 is 10.9 Å². The van der Waals surface area contributed by atoms with Crippen LogP contribution in [0, 0.1) is 5.82 Å². The van der Waals surface area contributed by atoms with Crippen LogP contribution in [0.15, 0.2) is 64.5 Å². The molecule has 0 spiro atoms. The van der Waals surface area contributed by atoms with Crippen LogP contribution in [0.5, 0.6) is 0 Å². The van der Waals surface area contributed by atoms with E-state index in [9.17, 15) is 14.0 Å². The van der Waals surface area contributed by atoms with Gasteiger partial charge in [-0.25, -0.2) is 9.37 Å². The maximum atomic E-state index is 13.0. The number of halogens is 2. The van der Waals surface area contributed by atoms with E-state index in [0.29, 0.717) is 34.6 Å². The van der Waals surface area contributed by atoms with Crippen LogP contribution in [0.25, 0.3) is 0 Å². The van der Waals surface area contributed by atoms with Crippen molar-refractivity contribution in [1.29, 1.82) is 0 Å². The zero-order valence-electron chi connectivity index (χ0n) is 15.5. The van der Waals surface area contributed by atoms with Gasteiger partial charge in [0.2, 0.25) is 5.91 Å². The quantitative estimate of drug-likeness (QED) is 0.420. The van der Waals surface area contributed by atoms with Crippen molar-refractivity contribution in [2.24, 2.45) is 0 Å². The number of carbonyl (C=O) groups excluding carboxylic acids is 1. The Kier molecular flexibility index (Phi) is 7.43. The molecule has 3 aromatic rings. The Hall–Kier alpha value is -2.64. The number of H-pyrrole nitrogens is 1. The summed E-state index contributed by atoms with van der Waals surface area (Å²) in [7, 11) is 0. The summed E-state index contributed by atoms with van der Waals surface area (Å²) in [5.74, 6) is 0.0286. The van der Waals surface area contributed by atoms with E-state index in [0.717, 1.165) is 11.1 Å². The van der Waals surface area contributed by atoms with Gasteiger partial charge in [0.05, 0.1) is 12.1 Å². The lowest BCUT2D eigenvalue weighted by atomic mass is 10.1.